The Morgan fingerprint density at radius 1 is 1.14 bits per heavy atom. The maximum Gasteiger partial charge on any atom is 0.253 e. The third-order valence-electron chi connectivity index (χ3n) is 4.90. The molecule has 1 aliphatic rings. The summed E-state index contributed by atoms with van der Waals surface area (Å²) >= 11 is 0. The van der Waals surface area contributed by atoms with Crippen molar-refractivity contribution in [2.24, 2.45) is 0 Å². The summed E-state index contributed by atoms with van der Waals surface area (Å²) < 4.78 is 0. The van der Waals surface area contributed by atoms with Crippen LogP contribution in [0.3, 0.4) is 0 Å². The van der Waals surface area contributed by atoms with Gasteiger partial charge in [-0.05, 0) is 56.5 Å². The Bertz CT molecular complexity index is 911. The summed E-state index contributed by atoms with van der Waals surface area (Å²) in [7, 11) is 0. The van der Waals surface area contributed by atoms with Crippen LogP contribution in [-0.2, 0) is 11.3 Å². The summed E-state index contributed by atoms with van der Waals surface area (Å²) in [6, 6.07) is 17.0. The second-order valence-corrected chi connectivity index (χ2v) is 7.65. The number of hydrogen-bond acceptors (Lipinski definition) is 4. The predicted molar refractivity (Wildman–Crippen MR) is 112 cm³/mol. The first-order valence-electron chi connectivity index (χ1n) is 9.89. The number of benzene rings is 2. The number of para-hydroxylation sites is 1. The van der Waals surface area contributed by atoms with Gasteiger partial charge >= 0.3 is 0 Å². The van der Waals surface area contributed by atoms with Crippen molar-refractivity contribution < 1.29 is 9.59 Å². The number of nitriles is 1. The van der Waals surface area contributed by atoms with E-state index in [-0.39, 0.29) is 30.4 Å². The van der Waals surface area contributed by atoms with Crippen molar-refractivity contribution in [3.05, 3.63) is 65.2 Å². The maximum atomic E-state index is 12.7. The normalized spacial score (nSPS) is 13.2. The highest BCUT2D eigenvalue weighted by Gasteiger charge is 2.25. The van der Waals surface area contributed by atoms with Gasteiger partial charge < -0.3 is 10.6 Å². The van der Waals surface area contributed by atoms with E-state index in [1.807, 2.05) is 30.9 Å². The van der Waals surface area contributed by atoms with Crippen molar-refractivity contribution in [2.75, 3.05) is 11.9 Å². The zero-order valence-electron chi connectivity index (χ0n) is 16.8. The van der Waals surface area contributed by atoms with Gasteiger partial charge in [0.15, 0.2) is 0 Å². The molecular formula is C23H26N4O2. The van der Waals surface area contributed by atoms with Gasteiger partial charge in [0.05, 0.1) is 29.4 Å². The number of nitrogens with zero attached hydrogens (tertiary/aromatic N) is 2. The average molecular weight is 390 g/mol. The highest BCUT2D eigenvalue weighted by Crippen LogP contribution is 2.21. The van der Waals surface area contributed by atoms with Crippen LogP contribution in [0, 0.1) is 11.3 Å². The summed E-state index contributed by atoms with van der Waals surface area (Å²) in [6.07, 6.45) is 2.03. The number of carbonyl (C=O) groups is 2. The van der Waals surface area contributed by atoms with Crippen LogP contribution in [0.4, 0.5) is 5.69 Å². The van der Waals surface area contributed by atoms with Crippen LogP contribution < -0.4 is 10.6 Å². The van der Waals surface area contributed by atoms with E-state index >= 15 is 0 Å². The molecule has 6 heteroatoms. The molecule has 1 saturated carbocycles. The molecule has 0 aliphatic heterocycles. The molecule has 1 fully saturated rings. The number of hydrogen-bond donors (Lipinski definition) is 2. The lowest BCUT2D eigenvalue weighted by Crippen LogP contribution is -2.38. The third kappa shape index (κ3) is 5.90. The molecule has 2 amide bonds. The smallest absolute Gasteiger partial charge is 0.253 e. The zero-order valence-corrected chi connectivity index (χ0v) is 16.8. The summed E-state index contributed by atoms with van der Waals surface area (Å²) in [5, 5.41) is 14.8. The topological polar surface area (TPSA) is 85.2 Å². The fourth-order valence-corrected chi connectivity index (χ4v) is 3.00. The molecule has 0 spiro atoms. The molecule has 150 valence electrons. The predicted octanol–water partition coefficient (Wildman–Crippen LogP) is 3.30. The monoisotopic (exact) mass is 390 g/mol. The number of rotatable bonds is 8. The van der Waals surface area contributed by atoms with Gasteiger partial charge in [-0.3, -0.25) is 14.5 Å². The largest absolute Gasteiger partial charge is 0.349 e. The molecule has 29 heavy (non-hydrogen) atoms. The van der Waals surface area contributed by atoms with E-state index in [4.69, 9.17) is 5.26 Å². The fourth-order valence-electron chi connectivity index (χ4n) is 3.00. The van der Waals surface area contributed by atoms with Crippen LogP contribution in [0.5, 0.6) is 0 Å². The molecule has 2 aromatic carbocycles. The summed E-state index contributed by atoms with van der Waals surface area (Å²) in [5.41, 5.74) is 2.66. The molecule has 6 nitrogen and oxygen atoms in total. The number of anilines is 1. The standard InChI is InChI=1S/C23H26N4O2/c1-16(2)27(14-18-9-7-17(13-24)8-10-18)15-22(28)26-21-6-4-3-5-20(21)23(29)25-19-11-12-19/h3-10,16,19H,11-12,14-15H2,1-2H3,(H,25,29)(H,26,28). The van der Waals surface area contributed by atoms with Gasteiger partial charge in [-0.1, -0.05) is 24.3 Å². The van der Waals surface area contributed by atoms with Crippen molar-refractivity contribution in [3.8, 4) is 6.07 Å². The molecule has 0 heterocycles. The highest BCUT2D eigenvalue weighted by atomic mass is 16.2. The van der Waals surface area contributed by atoms with E-state index in [0.717, 1.165) is 18.4 Å². The Hall–Kier alpha value is -3.17. The lowest BCUT2D eigenvalue weighted by Gasteiger charge is -2.26. The van der Waals surface area contributed by atoms with Crippen LogP contribution >= 0.6 is 0 Å². The lowest BCUT2D eigenvalue weighted by molar-refractivity contribution is -0.117. The molecule has 0 saturated heterocycles. The number of carbonyl (C=O) groups excluding carboxylic acids is 2. The van der Waals surface area contributed by atoms with Gasteiger partial charge in [0.1, 0.15) is 0 Å². The lowest BCUT2D eigenvalue weighted by atomic mass is 10.1. The number of amides is 2. The van der Waals surface area contributed by atoms with E-state index in [2.05, 4.69) is 16.7 Å². The molecule has 1 aliphatic carbocycles. The zero-order chi connectivity index (χ0) is 20.8. The van der Waals surface area contributed by atoms with E-state index < -0.39 is 0 Å². The minimum atomic E-state index is -0.168. The third-order valence-corrected chi connectivity index (χ3v) is 4.90. The van der Waals surface area contributed by atoms with Gasteiger partial charge in [0, 0.05) is 18.6 Å². The Kier molecular flexibility index (Phi) is 6.63. The van der Waals surface area contributed by atoms with Gasteiger partial charge in [-0.15, -0.1) is 0 Å². The van der Waals surface area contributed by atoms with E-state index in [1.165, 1.54) is 0 Å². The molecule has 2 aromatic rings. The van der Waals surface area contributed by atoms with E-state index in [1.54, 1.807) is 36.4 Å². The Labute approximate surface area is 171 Å². The van der Waals surface area contributed by atoms with Crippen LogP contribution in [0.15, 0.2) is 48.5 Å². The average Bonchev–Trinajstić information content (AvgIpc) is 3.52. The number of nitrogens with one attached hydrogen (secondary N) is 2. The minimum absolute atomic E-state index is 0.151. The molecule has 2 N–H and O–H groups in total. The Morgan fingerprint density at radius 3 is 2.45 bits per heavy atom. The maximum absolute atomic E-state index is 12.7. The minimum Gasteiger partial charge on any atom is -0.349 e. The van der Waals surface area contributed by atoms with Crippen LogP contribution in [0.2, 0.25) is 0 Å². The molecule has 0 bridgehead atoms. The molecule has 0 unspecified atom stereocenters. The first-order chi connectivity index (χ1) is 14.0. The van der Waals surface area contributed by atoms with E-state index in [9.17, 15) is 9.59 Å². The second-order valence-electron chi connectivity index (χ2n) is 7.65. The molecule has 0 radical (unpaired) electrons. The van der Waals surface area contributed by atoms with Crippen molar-refractivity contribution in [3.63, 3.8) is 0 Å². The van der Waals surface area contributed by atoms with Crippen molar-refractivity contribution in [1.82, 2.24) is 10.2 Å². The summed E-state index contributed by atoms with van der Waals surface area (Å²) in [4.78, 5) is 27.2. The van der Waals surface area contributed by atoms with Crippen LogP contribution in [0.1, 0.15) is 48.2 Å². The Morgan fingerprint density at radius 2 is 1.83 bits per heavy atom. The van der Waals surface area contributed by atoms with Crippen molar-refractivity contribution in [1.29, 1.82) is 5.26 Å². The van der Waals surface area contributed by atoms with Crippen LogP contribution in [0.25, 0.3) is 0 Å². The summed E-state index contributed by atoms with van der Waals surface area (Å²) in [5.74, 6) is -0.319. The second kappa shape index (κ2) is 9.35. The van der Waals surface area contributed by atoms with Crippen molar-refractivity contribution >= 4 is 17.5 Å². The van der Waals surface area contributed by atoms with Crippen LogP contribution in [-0.4, -0.2) is 35.3 Å². The molecule has 0 aromatic heterocycles. The molecular weight excluding hydrogens is 364 g/mol. The van der Waals surface area contributed by atoms with E-state index in [0.29, 0.717) is 23.4 Å². The Balaban J connectivity index is 1.64. The molecule has 0 atom stereocenters. The van der Waals surface area contributed by atoms with Gasteiger partial charge in [-0.2, -0.15) is 5.26 Å². The quantitative estimate of drug-likeness (QED) is 0.724. The summed E-state index contributed by atoms with van der Waals surface area (Å²) in [6.45, 7) is 4.87. The van der Waals surface area contributed by atoms with Gasteiger partial charge in [0.2, 0.25) is 5.91 Å². The highest BCUT2D eigenvalue weighted by molar-refractivity contribution is 6.04. The first kappa shape index (κ1) is 20.6. The van der Waals surface area contributed by atoms with Crippen molar-refractivity contribution in [2.45, 2.75) is 45.3 Å². The SMILES string of the molecule is CC(C)N(CC(=O)Nc1ccccc1C(=O)NC1CC1)Cc1ccc(C#N)cc1. The first-order valence-corrected chi connectivity index (χ1v) is 9.89. The fraction of sp³-hybridized carbons (Fsp3) is 0.348. The van der Waals surface area contributed by atoms with Gasteiger partial charge in [0.25, 0.3) is 5.91 Å². The molecule has 3 rings (SSSR count). The van der Waals surface area contributed by atoms with Gasteiger partial charge in [-0.25, -0.2) is 0 Å².